The summed E-state index contributed by atoms with van der Waals surface area (Å²) in [5.41, 5.74) is 1.69. The molecule has 0 saturated carbocycles. The highest BCUT2D eigenvalue weighted by atomic mass is 35.5. The molecule has 3 atom stereocenters. The number of ketones is 1. The first-order valence-corrected chi connectivity index (χ1v) is 11.1. The highest BCUT2D eigenvalue weighted by Gasteiger charge is 2.56. The minimum atomic E-state index is -1.08. The number of aldehydes is 1. The average molecular weight is 464 g/mol. The van der Waals surface area contributed by atoms with Gasteiger partial charge in [-0.05, 0) is 47.6 Å². The number of nitrogens with one attached hydrogen (secondary N) is 1. The molecule has 5 rings (SSSR count). The zero-order valence-corrected chi connectivity index (χ0v) is 18.5. The summed E-state index contributed by atoms with van der Waals surface area (Å²) in [5.74, 6) is -0.720. The van der Waals surface area contributed by atoms with Crippen molar-refractivity contribution in [2.24, 2.45) is 11.8 Å². The van der Waals surface area contributed by atoms with Gasteiger partial charge < -0.3 is 5.32 Å². The molecule has 1 unspecified atom stereocenters. The molecule has 3 aliphatic rings. The maximum absolute atomic E-state index is 13.6. The van der Waals surface area contributed by atoms with Crippen LogP contribution in [0.3, 0.4) is 0 Å². The van der Waals surface area contributed by atoms with E-state index < -0.39 is 5.41 Å². The normalized spacial score (nSPS) is 26.4. The summed E-state index contributed by atoms with van der Waals surface area (Å²) < 4.78 is 0. The summed E-state index contributed by atoms with van der Waals surface area (Å²) >= 11 is 12.5. The van der Waals surface area contributed by atoms with E-state index in [0.29, 0.717) is 38.9 Å². The predicted molar refractivity (Wildman–Crippen MR) is 126 cm³/mol. The maximum atomic E-state index is 13.6. The van der Waals surface area contributed by atoms with E-state index in [2.05, 4.69) is 5.32 Å². The van der Waals surface area contributed by atoms with Crippen molar-refractivity contribution in [1.29, 1.82) is 0 Å². The number of Topliss-reactive ketones (excluding diaryl/α,β-unsaturated/α-hetero) is 1. The number of anilines is 1. The largest absolute Gasteiger partial charge is 0.325 e. The second kappa shape index (κ2) is 7.88. The SMILES string of the molecule is O=Cc1ccccc1C1=C[C@@]2(C(=O)Nc3cc(Cl)ccc32)[C@H](C2C=CC=C(Cl)C2)CC1=O. The zero-order valence-electron chi connectivity index (χ0n) is 17.0. The molecule has 0 saturated heterocycles. The average Bonchev–Trinajstić information content (AvgIpc) is 3.05. The summed E-state index contributed by atoms with van der Waals surface area (Å²) in [6.45, 7) is 0. The summed E-state index contributed by atoms with van der Waals surface area (Å²) in [7, 11) is 0. The van der Waals surface area contributed by atoms with Crippen LogP contribution in [0, 0.1) is 11.8 Å². The van der Waals surface area contributed by atoms with Gasteiger partial charge in [0.25, 0.3) is 0 Å². The molecule has 1 spiro atoms. The number of carbonyl (C=O) groups excluding carboxylic acids is 3. The number of allylic oxidation sites excluding steroid dienone is 5. The molecule has 160 valence electrons. The number of hydrogen-bond donors (Lipinski definition) is 1. The van der Waals surface area contributed by atoms with Gasteiger partial charge in [0.2, 0.25) is 5.91 Å². The molecule has 6 heteroatoms. The lowest BCUT2D eigenvalue weighted by Crippen LogP contribution is -2.47. The molecule has 0 fully saturated rings. The maximum Gasteiger partial charge on any atom is 0.239 e. The lowest BCUT2D eigenvalue weighted by molar-refractivity contribution is -0.123. The van der Waals surface area contributed by atoms with Crippen LogP contribution in [0.4, 0.5) is 5.69 Å². The fourth-order valence-corrected chi connectivity index (χ4v) is 5.65. The van der Waals surface area contributed by atoms with Crippen LogP contribution in [0.1, 0.15) is 34.3 Å². The van der Waals surface area contributed by atoms with Crippen LogP contribution in [0.25, 0.3) is 5.57 Å². The summed E-state index contributed by atoms with van der Waals surface area (Å²) in [6, 6.07) is 12.3. The summed E-state index contributed by atoms with van der Waals surface area (Å²) in [6.07, 6.45) is 8.95. The van der Waals surface area contributed by atoms with Gasteiger partial charge in [-0.2, -0.15) is 0 Å². The first kappa shape index (κ1) is 20.9. The van der Waals surface area contributed by atoms with Gasteiger partial charge in [-0.3, -0.25) is 14.4 Å². The van der Waals surface area contributed by atoms with Gasteiger partial charge in [0.1, 0.15) is 0 Å². The van der Waals surface area contributed by atoms with E-state index >= 15 is 0 Å². The Kier molecular flexibility index (Phi) is 5.15. The fourth-order valence-electron chi connectivity index (χ4n) is 5.23. The highest BCUT2D eigenvalue weighted by molar-refractivity contribution is 6.31. The quantitative estimate of drug-likeness (QED) is 0.592. The molecule has 0 aromatic heterocycles. The second-order valence-corrected chi connectivity index (χ2v) is 9.30. The molecular formula is C26H19Cl2NO3. The molecule has 2 aromatic rings. The van der Waals surface area contributed by atoms with Gasteiger partial charge in [0, 0.05) is 33.3 Å². The molecular weight excluding hydrogens is 445 g/mol. The van der Waals surface area contributed by atoms with Crippen molar-refractivity contribution in [2.75, 3.05) is 5.32 Å². The molecule has 1 N–H and O–H groups in total. The number of benzene rings is 2. The van der Waals surface area contributed by atoms with Crippen molar-refractivity contribution in [3.63, 3.8) is 0 Å². The first-order chi connectivity index (χ1) is 15.4. The molecule has 1 aliphatic heterocycles. The van der Waals surface area contributed by atoms with Crippen LogP contribution in [0.2, 0.25) is 5.02 Å². The lowest BCUT2D eigenvalue weighted by atomic mass is 9.59. The van der Waals surface area contributed by atoms with E-state index in [1.807, 2.05) is 24.3 Å². The molecule has 32 heavy (non-hydrogen) atoms. The Bertz CT molecular complexity index is 1260. The van der Waals surface area contributed by atoms with E-state index in [1.54, 1.807) is 42.5 Å². The van der Waals surface area contributed by atoms with Crippen molar-refractivity contribution in [3.8, 4) is 0 Å². The second-order valence-electron chi connectivity index (χ2n) is 8.38. The molecule has 4 nitrogen and oxygen atoms in total. The third-order valence-electron chi connectivity index (χ3n) is 6.67. The minimum absolute atomic E-state index is 0.0933. The summed E-state index contributed by atoms with van der Waals surface area (Å²) in [5, 5.41) is 4.18. The molecule has 2 aliphatic carbocycles. The fraction of sp³-hybridized carbons (Fsp3) is 0.192. The smallest absolute Gasteiger partial charge is 0.239 e. The highest BCUT2D eigenvalue weighted by Crippen LogP contribution is 2.54. The number of fused-ring (bicyclic) bond motifs is 2. The molecule has 0 bridgehead atoms. The van der Waals surface area contributed by atoms with Crippen LogP contribution in [0.15, 0.2) is 71.8 Å². The van der Waals surface area contributed by atoms with E-state index in [4.69, 9.17) is 23.2 Å². The van der Waals surface area contributed by atoms with Gasteiger partial charge in [0.05, 0.1) is 5.41 Å². The van der Waals surface area contributed by atoms with Gasteiger partial charge in [-0.25, -0.2) is 0 Å². The number of halogens is 2. The Hall–Kier alpha value is -2.95. The minimum Gasteiger partial charge on any atom is -0.325 e. The molecule has 1 amide bonds. The van der Waals surface area contributed by atoms with Gasteiger partial charge in [-0.1, -0.05) is 71.8 Å². The monoisotopic (exact) mass is 463 g/mol. The first-order valence-electron chi connectivity index (χ1n) is 10.4. The Morgan fingerprint density at radius 3 is 2.66 bits per heavy atom. The topological polar surface area (TPSA) is 63.2 Å². The predicted octanol–water partition coefficient (Wildman–Crippen LogP) is 5.71. The number of amides is 1. The van der Waals surface area contributed by atoms with E-state index in [-0.39, 0.29) is 29.9 Å². The van der Waals surface area contributed by atoms with Crippen molar-refractivity contribution in [2.45, 2.75) is 18.3 Å². The van der Waals surface area contributed by atoms with Crippen molar-refractivity contribution >= 4 is 52.4 Å². The molecule has 1 heterocycles. The third-order valence-corrected chi connectivity index (χ3v) is 7.19. The van der Waals surface area contributed by atoms with Gasteiger partial charge in [0.15, 0.2) is 12.1 Å². The van der Waals surface area contributed by atoms with Crippen molar-refractivity contribution < 1.29 is 14.4 Å². The number of carbonyl (C=O) groups is 3. The van der Waals surface area contributed by atoms with Crippen LogP contribution < -0.4 is 5.32 Å². The van der Waals surface area contributed by atoms with Gasteiger partial charge >= 0.3 is 0 Å². The van der Waals surface area contributed by atoms with Crippen molar-refractivity contribution in [3.05, 3.63) is 93.5 Å². The van der Waals surface area contributed by atoms with Crippen LogP contribution >= 0.6 is 23.2 Å². The Morgan fingerprint density at radius 2 is 1.88 bits per heavy atom. The van der Waals surface area contributed by atoms with E-state index in [9.17, 15) is 14.4 Å². The standard InChI is InChI=1S/C26H19Cl2NO3/c27-17-6-3-5-15(10-17)22-12-24(31)20(19-7-2-1-4-16(19)14-30)13-26(22)21-9-8-18(28)11-23(21)29-25(26)32/h1-9,11,13-15,22H,10,12H2,(H,29,32)/t15?,22-,26-/m0/s1. The molecule has 2 aromatic carbocycles. The Balaban J connectivity index is 1.76. The van der Waals surface area contributed by atoms with Crippen LogP contribution in [-0.2, 0) is 15.0 Å². The number of hydrogen-bond acceptors (Lipinski definition) is 3. The Labute approximate surface area is 195 Å². The van der Waals surface area contributed by atoms with Crippen LogP contribution in [-0.4, -0.2) is 18.0 Å². The molecule has 0 radical (unpaired) electrons. The third kappa shape index (κ3) is 3.17. The van der Waals surface area contributed by atoms with Gasteiger partial charge in [-0.15, -0.1) is 0 Å². The van der Waals surface area contributed by atoms with Crippen molar-refractivity contribution in [1.82, 2.24) is 0 Å². The zero-order chi connectivity index (χ0) is 22.5. The van der Waals surface area contributed by atoms with Crippen LogP contribution in [0.5, 0.6) is 0 Å². The summed E-state index contributed by atoms with van der Waals surface area (Å²) in [4.78, 5) is 38.7. The van der Waals surface area contributed by atoms with E-state index in [1.165, 1.54) is 0 Å². The number of rotatable bonds is 3. The van der Waals surface area contributed by atoms with E-state index in [0.717, 1.165) is 11.8 Å². The lowest BCUT2D eigenvalue weighted by Gasteiger charge is -2.41. The Morgan fingerprint density at radius 1 is 1.06 bits per heavy atom.